The molecule has 0 saturated carbocycles. The summed E-state index contributed by atoms with van der Waals surface area (Å²) in [6, 6.07) is 0. The van der Waals surface area contributed by atoms with Gasteiger partial charge in [0, 0.05) is 19.7 Å². The Kier molecular flexibility index (Phi) is 10.1. The van der Waals surface area contributed by atoms with E-state index in [1.165, 1.54) is 7.11 Å². The number of unbranched alkanes of at least 4 members (excludes halogenated alkanes) is 1. The molecule has 0 aromatic carbocycles. The van der Waals surface area contributed by atoms with Crippen LogP contribution in [0.15, 0.2) is 0 Å². The molecule has 0 fully saturated rings. The van der Waals surface area contributed by atoms with Crippen LogP contribution in [0.4, 0.5) is 0 Å². The minimum absolute atomic E-state index is 0.231. The number of nitrogens with zero attached hydrogens (tertiary/aromatic N) is 1. The first kappa shape index (κ1) is 16.4. The molecule has 0 aliphatic heterocycles. The van der Waals surface area contributed by atoms with E-state index >= 15 is 0 Å². The molecule has 0 rings (SSSR count). The van der Waals surface area contributed by atoms with Gasteiger partial charge in [0.05, 0.1) is 26.2 Å². The second-order valence-corrected chi connectivity index (χ2v) is 4.17. The third kappa shape index (κ3) is 10.2. The fourth-order valence-electron chi connectivity index (χ4n) is 1.35. The second-order valence-electron chi connectivity index (χ2n) is 4.17. The van der Waals surface area contributed by atoms with Gasteiger partial charge < -0.3 is 19.5 Å². The Morgan fingerprint density at radius 2 is 2.18 bits per heavy atom. The molecule has 5 heteroatoms. The summed E-state index contributed by atoms with van der Waals surface area (Å²) in [5.41, 5.74) is 0. The van der Waals surface area contributed by atoms with Gasteiger partial charge in [-0.15, -0.1) is 0 Å². The first-order valence-electron chi connectivity index (χ1n) is 6.11. The van der Waals surface area contributed by atoms with E-state index in [1.54, 1.807) is 0 Å². The molecule has 1 N–H and O–H groups in total. The van der Waals surface area contributed by atoms with Crippen molar-refractivity contribution in [2.75, 3.05) is 40.5 Å². The molecule has 0 aliphatic rings. The third-order valence-corrected chi connectivity index (χ3v) is 2.40. The van der Waals surface area contributed by atoms with Gasteiger partial charge in [-0.25, -0.2) is 0 Å². The van der Waals surface area contributed by atoms with E-state index in [1.807, 2.05) is 11.9 Å². The number of hydrogen-bond acceptors (Lipinski definition) is 5. The number of hydrogen-bond donors (Lipinski definition) is 1. The Morgan fingerprint density at radius 1 is 1.47 bits per heavy atom. The first-order chi connectivity index (χ1) is 8.10. The van der Waals surface area contributed by atoms with Crippen LogP contribution in [0.1, 0.15) is 26.2 Å². The van der Waals surface area contributed by atoms with Gasteiger partial charge in [-0.2, -0.15) is 0 Å². The summed E-state index contributed by atoms with van der Waals surface area (Å²) >= 11 is 0. The van der Waals surface area contributed by atoms with Crippen LogP contribution in [0.2, 0.25) is 0 Å². The zero-order valence-electron chi connectivity index (χ0n) is 11.1. The van der Waals surface area contributed by atoms with Crippen molar-refractivity contribution < 1.29 is 19.4 Å². The number of esters is 1. The lowest BCUT2D eigenvalue weighted by molar-refractivity contribution is -0.141. The van der Waals surface area contributed by atoms with Gasteiger partial charge in [-0.1, -0.05) is 13.3 Å². The Balaban J connectivity index is 3.51. The molecule has 0 saturated heterocycles. The number of carbonyl (C=O) groups excluding carboxylic acids is 1. The highest BCUT2D eigenvalue weighted by Crippen LogP contribution is 1.95. The highest BCUT2D eigenvalue weighted by atomic mass is 16.5. The largest absolute Gasteiger partial charge is 0.469 e. The summed E-state index contributed by atoms with van der Waals surface area (Å²) in [5.74, 6) is -0.231. The SMILES string of the molecule is CCCCOCC(O)CN(C)CCC(=O)OC. The van der Waals surface area contributed by atoms with E-state index in [2.05, 4.69) is 11.7 Å². The van der Waals surface area contributed by atoms with Crippen molar-refractivity contribution in [3.05, 3.63) is 0 Å². The standard InChI is InChI=1S/C12H25NO4/c1-4-5-8-17-10-11(14)9-13(2)7-6-12(15)16-3/h11,14H,4-10H2,1-3H3. The lowest BCUT2D eigenvalue weighted by Gasteiger charge is -2.19. The van der Waals surface area contributed by atoms with E-state index in [4.69, 9.17) is 4.74 Å². The van der Waals surface area contributed by atoms with Gasteiger partial charge in [-0.3, -0.25) is 4.79 Å². The van der Waals surface area contributed by atoms with Crippen LogP contribution >= 0.6 is 0 Å². The molecule has 0 spiro atoms. The first-order valence-corrected chi connectivity index (χ1v) is 6.11. The molecule has 0 aliphatic carbocycles. The van der Waals surface area contributed by atoms with Gasteiger partial charge >= 0.3 is 5.97 Å². The maximum absolute atomic E-state index is 10.9. The minimum atomic E-state index is -0.505. The molecule has 17 heavy (non-hydrogen) atoms. The van der Waals surface area contributed by atoms with Crippen LogP contribution in [0.25, 0.3) is 0 Å². The Bertz CT molecular complexity index is 199. The zero-order valence-corrected chi connectivity index (χ0v) is 11.1. The fourth-order valence-corrected chi connectivity index (χ4v) is 1.35. The van der Waals surface area contributed by atoms with Gasteiger partial charge in [0.25, 0.3) is 0 Å². The summed E-state index contributed by atoms with van der Waals surface area (Å²) in [4.78, 5) is 12.8. The number of carbonyl (C=O) groups is 1. The molecule has 5 nitrogen and oxygen atoms in total. The molecule has 0 aromatic heterocycles. The summed E-state index contributed by atoms with van der Waals surface area (Å²) in [7, 11) is 3.23. The molecule has 0 aromatic rings. The highest BCUT2D eigenvalue weighted by molar-refractivity contribution is 5.69. The van der Waals surface area contributed by atoms with Gasteiger partial charge in [0.15, 0.2) is 0 Å². The smallest absolute Gasteiger partial charge is 0.306 e. The van der Waals surface area contributed by atoms with Gasteiger partial charge in [0.1, 0.15) is 0 Å². The van der Waals surface area contributed by atoms with Crippen LogP contribution in [0.5, 0.6) is 0 Å². The molecular weight excluding hydrogens is 222 g/mol. The molecule has 0 bridgehead atoms. The molecule has 0 heterocycles. The maximum Gasteiger partial charge on any atom is 0.306 e. The Hall–Kier alpha value is -0.650. The predicted octanol–water partition coefficient (Wildman–Crippen LogP) is 0.659. The summed E-state index contributed by atoms with van der Waals surface area (Å²) in [6.07, 6.45) is 1.95. The number of ether oxygens (including phenoxy) is 2. The Morgan fingerprint density at radius 3 is 2.76 bits per heavy atom. The van der Waals surface area contributed by atoms with E-state index < -0.39 is 6.10 Å². The number of methoxy groups -OCH3 is 1. The molecular formula is C12H25NO4. The van der Waals surface area contributed by atoms with Crippen LogP contribution < -0.4 is 0 Å². The maximum atomic E-state index is 10.9. The predicted molar refractivity (Wildman–Crippen MR) is 65.9 cm³/mol. The molecule has 0 amide bonds. The van der Waals surface area contributed by atoms with Crippen molar-refractivity contribution in [1.29, 1.82) is 0 Å². The highest BCUT2D eigenvalue weighted by Gasteiger charge is 2.10. The van der Waals surface area contributed by atoms with E-state index in [0.717, 1.165) is 12.8 Å². The third-order valence-electron chi connectivity index (χ3n) is 2.40. The zero-order chi connectivity index (χ0) is 13.1. The lowest BCUT2D eigenvalue weighted by Crippen LogP contribution is -2.33. The van der Waals surface area contributed by atoms with Crippen LogP contribution in [-0.4, -0.2) is 62.5 Å². The quantitative estimate of drug-likeness (QED) is 0.454. The average Bonchev–Trinajstić information content (AvgIpc) is 2.31. The fraction of sp³-hybridized carbons (Fsp3) is 0.917. The summed E-state index contributed by atoms with van der Waals surface area (Å²) < 4.78 is 9.86. The molecule has 102 valence electrons. The topological polar surface area (TPSA) is 59.0 Å². The van der Waals surface area contributed by atoms with Crippen LogP contribution in [-0.2, 0) is 14.3 Å². The minimum Gasteiger partial charge on any atom is -0.469 e. The summed E-state index contributed by atoms with van der Waals surface area (Å²) in [6.45, 7) is 4.23. The van der Waals surface area contributed by atoms with Crippen molar-refractivity contribution in [3.8, 4) is 0 Å². The normalized spacial score (nSPS) is 12.8. The second kappa shape index (κ2) is 10.5. The lowest BCUT2D eigenvalue weighted by atomic mass is 10.3. The average molecular weight is 247 g/mol. The molecule has 0 radical (unpaired) electrons. The summed E-state index contributed by atoms with van der Waals surface area (Å²) in [5, 5.41) is 9.66. The van der Waals surface area contributed by atoms with Crippen molar-refractivity contribution in [1.82, 2.24) is 4.90 Å². The van der Waals surface area contributed by atoms with Gasteiger partial charge in [0.2, 0.25) is 0 Å². The van der Waals surface area contributed by atoms with Gasteiger partial charge in [-0.05, 0) is 13.5 Å². The number of aliphatic hydroxyl groups is 1. The van der Waals surface area contributed by atoms with Crippen LogP contribution in [0, 0.1) is 0 Å². The van der Waals surface area contributed by atoms with E-state index in [-0.39, 0.29) is 5.97 Å². The number of aliphatic hydroxyl groups excluding tert-OH is 1. The van der Waals surface area contributed by atoms with Crippen LogP contribution in [0.3, 0.4) is 0 Å². The van der Waals surface area contributed by atoms with E-state index in [9.17, 15) is 9.90 Å². The number of rotatable bonds is 10. The van der Waals surface area contributed by atoms with Crippen molar-refractivity contribution in [3.63, 3.8) is 0 Å². The number of likely N-dealkylation sites (N-methyl/N-ethyl adjacent to an activating group) is 1. The molecule has 1 atom stereocenters. The van der Waals surface area contributed by atoms with Crippen molar-refractivity contribution in [2.45, 2.75) is 32.3 Å². The Labute approximate surface area is 104 Å². The molecule has 1 unspecified atom stereocenters. The van der Waals surface area contributed by atoms with E-state index in [0.29, 0.717) is 32.7 Å². The monoisotopic (exact) mass is 247 g/mol. The van der Waals surface area contributed by atoms with Crippen molar-refractivity contribution in [2.24, 2.45) is 0 Å². The van der Waals surface area contributed by atoms with Crippen molar-refractivity contribution >= 4 is 5.97 Å².